The summed E-state index contributed by atoms with van der Waals surface area (Å²) < 4.78 is 15.2. The molecule has 0 radical (unpaired) electrons. The van der Waals surface area contributed by atoms with Gasteiger partial charge in [0.05, 0.1) is 11.4 Å². The maximum atomic E-state index is 13.5. The summed E-state index contributed by atoms with van der Waals surface area (Å²) in [6.07, 6.45) is 5.65. The van der Waals surface area contributed by atoms with E-state index in [4.69, 9.17) is 0 Å². The number of carbonyl (C=O) groups excluding carboxylic acids is 3. The predicted molar refractivity (Wildman–Crippen MR) is 131 cm³/mol. The van der Waals surface area contributed by atoms with Crippen molar-refractivity contribution in [1.29, 1.82) is 0 Å². The molecule has 1 aliphatic heterocycles. The summed E-state index contributed by atoms with van der Waals surface area (Å²) in [5.74, 6) is -0.682. The van der Waals surface area contributed by atoms with Gasteiger partial charge in [-0.1, -0.05) is 31.0 Å². The van der Waals surface area contributed by atoms with Crippen molar-refractivity contribution in [2.75, 3.05) is 6.54 Å². The molecule has 3 aromatic rings. The van der Waals surface area contributed by atoms with Crippen LogP contribution in [0.1, 0.15) is 44.1 Å². The van der Waals surface area contributed by atoms with Crippen LogP contribution in [0.5, 0.6) is 0 Å². The molecule has 8 nitrogen and oxygen atoms in total. The number of urea groups is 1. The molecule has 2 aromatic carbocycles. The third-order valence-electron chi connectivity index (χ3n) is 6.89. The van der Waals surface area contributed by atoms with Crippen LogP contribution in [0, 0.1) is 5.82 Å². The van der Waals surface area contributed by atoms with Gasteiger partial charge in [-0.15, -0.1) is 0 Å². The van der Waals surface area contributed by atoms with E-state index in [0.717, 1.165) is 29.7 Å². The number of hydrogen-bond acceptors (Lipinski definition) is 4. The molecule has 4 amide bonds. The van der Waals surface area contributed by atoms with E-state index in [1.54, 1.807) is 16.8 Å². The number of aromatic nitrogens is 2. The lowest BCUT2D eigenvalue weighted by molar-refractivity contribution is -0.131. The summed E-state index contributed by atoms with van der Waals surface area (Å²) in [4.78, 5) is 38.9. The first-order valence-corrected chi connectivity index (χ1v) is 12.3. The van der Waals surface area contributed by atoms with Gasteiger partial charge in [0.25, 0.3) is 5.91 Å². The lowest BCUT2D eigenvalue weighted by Gasteiger charge is -2.19. The van der Waals surface area contributed by atoms with Crippen LogP contribution in [0.15, 0.2) is 60.8 Å². The highest BCUT2D eigenvalue weighted by atomic mass is 19.1. The first kappa shape index (κ1) is 23.7. The fourth-order valence-electron chi connectivity index (χ4n) is 4.98. The fraction of sp³-hybridized carbons (Fsp3) is 0.333. The largest absolute Gasteiger partial charge is 0.352 e. The molecule has 5 rings (SSSR count). The highest BCUT2D eigenvalue weighted by Crippen LogP contribution is 2.35. The smallest absolute Gasteiger partial charge is 0.325 e. The Hall–Kier alpha value is -4.01. The Kier molecular flexibility index (Phi) is 6.54. The van der Waals surface area contributed by atoms with Crippen molar-refractivity contribution in [1.82, 2.24) is 25.3 Å². The van der Waals surface area contributed by atoms with Crippen LogP contribution in [0.3, 0.4) is 0 Å². The van der Waals surface area contributed by atoms with E-state index in [1.807, 2.05) is 36.5 Å². The minimum Gasteiger partial charge on any atom is -0.352 e. The summed E-state index contributed by atoms with van der Waals surface area (Å²) in [6, 6.07) is 15.3. The zero-order chi connectivity index (χ0) is 25.1. The molecule has 2 N–H and O–H groups in total. The lowest BCUT2D eigenvalue weighted by Crippen LogP contribution is -2.44. The minimum absolute atomic E-state index is 0.164. The van der Waals surface area contributed by atoms with Gasteiger partial charge in [0.2, 0.25) is 5.91 Å². The summed E-state index contributed by atoms with van der Waals surface area (Å²) in [5.41, 5.74) is 2.33. The van der Waals surface area contributed by atoms with E-state index < -0.39 is 5.54 Å². The normalized spacial score (nSPS) is 16.5. The zero-order valence-corrected chi connectivity index (χ0v) is 19.9. The van der Waals surface area contributed by atoms with Crippen LogP contribution in [-0.2, 0) is 16.1 Å². The van der Waals surface area contributed by atoms with Crippen LogP contribution in [0.25, 0.3) is 16.9 Å². The number of para-hydroxylation sites is 1. The number of nitrogens with zero attached hydrogens (tertiary/aromatic N) is 3. The van der Waals surface area contributed by atoms with E-state index in [-0.39, 0.29) is 43.2 Å². The SMILES string of the molecule is O=C(CCCN1C(=O)NC2(CCCC2)C1=O)NCc1cn(-c2ccccc2)nc1-c1ccc(F)cc1. The van der Waals surface area contributed by atoms with Crippen molar-refractivity contribution >= 4 is 17.8 Å². The number of benzene rings is 2. The van der Waals surface area contributed by atoms with Crippen LogP contribution >= 0.6 is 0 Å². The molecule has 186 valence electrons. The number of carbonyl (C=O) groups is 3. The number of halogens is 1. The Morgan fingerprint density at radius 1 is 1.06 bits per heavy atom. The van der Waals surface area contributed by atoms with E-state index in [1.165, 1.54) is 17.0 Å². The maximum absolute atomic E-state index is 13.5. The first-order chi connectivity index (χ1) is 17.4. The molecule has 0 atom stereocenters. The molecule has 1 aliphatic carbocycles. The summed E-state index contributed by atoms with van der Waals surface area (Å²) in [6.45, 7) is 0.456. The second kappa shape index (κ2) is 9.93. The highest BCUT2D eigenvalue weighted by Gasteiger charge is 2.52. The van der Waals surface area contributed by atoms with E-state index >= 15 is 0 Å². The molecule has 1 aromatic heterocycles. The third kappa shape index (κ3) is 4.73. The number of rotatable bonds is 8. The van der Waals surface area contributed by atoms with Crippen LogP contribution in [-0.4, -0.2) is 44.6 Å². The maximum Gasteiger partial charge on any atom is 0.325 e. The Morgan fingerprint density at radius 2 is 1.78 bits per heavy atom. The predicted octanol–water partition coefficient (Wildman–Crippen LogP) is 3.94. The highest BCUT2D eigenvalue weighted by molar-refractivity contribution is 6.07. The minimum atomic E-state index is -0.727. The van der Waals surface area contributed by atoms with Gasteiger partial charge in [-0.25, -0.2) is 13.9 Å². The average molecular weight is 490 g/mol. The van der Waals surface area contributed by atoms with Crippen LogP contribution in [0.4, 0.5) is 9.18 Å². The van der Waals surface area contributed by atoms with Gasteiger partial charge in [0.1, 0.15) is 11.4 Å². The van der Waals surface area contributed by atoms with Crippen molar-refractivity contribution in [3.63, 3.8) is 0 Å². The Labute approximate surface area is 208 Å². The van der Waals surface area contributed by atoms with Gasteiger partial charge >= 0.3 is 6.03 Å². The fourth-order valence-corrected chi connectivity index (χ4v) is 4.98. The number of imide groups is 1. The topological polar surface area (TPSA) is 96.3 Å². The van der Waals surface area contributed by atoms with E-state index in [0.29, 0.717) is 25.0 Å². The van der Waals surface area contributed by atoms with Gasteiger partial charge < -0.3 is 10.6 Å². The molecule has 1 saturated heterocycles. The number of hydrogen-bond donors (Lipinski definition) is 2. The van der Waals surface area contributed by atoms with Gasteiger partial charge in [0.15, 0.2) is 0 Å². The van der Waals surface area contributed by atoms with Gasteiger partial charge in [0, 0.05) is 36.8 Å². The summed E-state index contributed by atoms with van der Waals surface area (Å²) >= 11 is 0. The van der Waals surface area contributed by atoms with Gasteiger partial charge in [-0.2, -0.15) is 5.10 Å². The van der Waals surface area contributed by atoms with Crippen LogP contribution < -0.4 is 10.6 Å². The molecule has 0 bridgehead atoms. The quantitative estimate of drug-likeness (QED) is 0.469. The molecular weight excluding hydrogens is 461 g/mol. The van der Waals surface area contributed by atoms with Gasteiger partial charge in [-0.05, 0) is 55.7 Å². The molecule has 36 heavy (non-hydrogen) atoms. The van der Waals surface area contributed by atoms with E-state index in [2.05, 4.69) is 15.7 Å². The molecule has 0 unspecified atom stereocenters. The Bertz CT molecular complexity index is 1270. The molecule has 2 fully saturated rings. The van der Waals surface area contributed by atoms with Crippen molar-refractivity contribution in [3.8, 4) is 16.9 Å². The van der Waals surface area contributed by atoms with Crippen LogP contribution in [0.2, 0.25) is 0 Å². The number of nitrogens with one attached hydrogen (secondary N) is 2. The second-order valence-corrected chi connectivity index (χ2v) is 9.35. The summed E-state index contributed by atoms with van der Waals surface area (Å²) in [5, 5.41) is 10.4. The zero-order valence-electron chi connectivity index (χ0n) is 19.9. The van der Waals surface area contributed by atoms with Gasteiger partial charge in [-0.3, -0.25) is 14.5 Å². The second-order valence-electron chi connectivity index (χ2n) is 9.35. The molecule has 1 spiro atoms. The molecule has 2 heterocycles. The van der Waals surface area contributed by atoms with Crippen molar-refractivity contribution < 1.29 is 18.8 Å². The lowest BCUT2D eigenvalue weighted by atomic mass is 9.98. The first-order valence-electron chi connectivity index (χ1n) is 12.3. The van der Waals surface area contributed by atoms with Crippen molar-refractivity contribution in [2.24, 2.45) is 0 Å². The van der Waals surface area contributed by atoms with E-state index in [9.17, 15) is 18.8 Å². The standard InChI is InChI=1S/C27H28FN5O3/c28-21-12-10-19(11-13-21)24-20(18-33(31-24)22-7-2-1-3-8-22)17-29-23(34)9-6-16-32-25(35)27(30-26(32)36)14-4-5-15-27/h1-3,7-8,10-13,18H,4-6,9,14-17H2,(H,29,34)(H,30,36). The van der Waals surface area contributed by atoms with Crippen molar-refractivity contribution in [3.05, 3.63) is 72.2 Å². The molecular formula is C27H28FN5O3. The van der Waals surface area contributed by atoms with Crippen molar-refractivity contribution in [2.45, 2.75) is 50.6 Å². The Morgan fingerprint density at radius 3 is 2.50 bits per heavy atom. The monoisotopic (exact) mass is 489 g/mol. The third-order valence-corrected chi connectivity index (χ3v) is 6.89. The average Bonchev–Trinajstić information content (AvgIpc) is 3.59. The number of amides is 4. The molecule has 1 saturated carbocycles. The molecule has 9 heteroatoms. The summed E-state index contributed by atoms with van der Waals surface area (Å²) in [7, 11) is 0. The Balaban J connectivity index is 1.21. The molecule has 2 aliphatic rings.